The second-order valence-corrected chi connectivity index (χ2v) is 27.3. The molecule has 16 rings (SSSR count). The van der Waals surface area contributed by atoms with E-state index in [9.17, 15) is 14.4 Å². The summed E-state index contributed by atoms with van der Waals surface area (Å²) in [4.78, 5) is 91.3. The van der Waals surface area contributed by atoms with Crippen molar-refractivity contribution in [2.24, 2.45) is 0 Å². The normalized spacial score (nSPS) is 12.8. The Morgan fingerprint density at radius 2 is 1.06 bits per heavy atom. The number of nitrogens with zero attached hydrogens (tertiary/aromatic N) is 9. The van der Waals surface area contributed by atoms with Crippen molar-refractivity contribution < 1.29 is 56.7 Å². The highest BCUT2D eigenvalue weighted by molar-refractivity contribution is 6.02. The van der Waals surface area contributed by atoms with Gasteiger partial charge in [0.1, 0.15) is 63.6 Å². The highest BCUT2D eigenvalue weighted by Gasteiger charge is 2.28. The second kappa shape index (κ2) is 34.3. The number of pyridine rings is 1. The summed E-state index contributed by atoms with van der Waals surface area (Å²) >= 11 is 0. The number of methoxy groups -OCH3 is 3. The van der Waals surface area contributed by atoms with E-state index in [4.69, 9.17) is 62.2 Å². The zero-order valence-electron chi connectivity index (χ0n) is 65.2. The molecule has 0 atom stereocenters. The lowest BCUT2D eigenvalue weighted by atomic mass is 9.96. The van der Waals surface area contributed by atoms with Crippen LogP contribution < -0.4 is 59.7 Å². The molecule has 0 spiro atoms. The van der Waals surface area contributed by atoms with E-state index in [1.54, 1.807) is 90.1 Å². The van der Waals surface area contributed by atoms with Gasteiger partial charge in [-0.05, 0) is 132 Å². The molecule has 586 valence electrons. The highest BCUT2D eigenvalue weighted by atomic mass is 16.5. The van der Waals surface area contributed by atoms with Crippen molar-refractivity contribution in [1.82, 2.24) is 80.7 Å². The van der Waals surface area contributed by atoms with Crippen LogP contribution in [0, 0.1) is 20.8 Å². The van der Waals surface area contributed by atoms with Crippen molar-refractivity contribution in [2.45, 2.75) is 98.4 Å². The van der Waals surface area contributed by atoms with E-state index < -0.39 is 0 Å². The van der Waals surface area contributed by atoms with E-state index in [0.717, 1.165) is 121 Å². The SMILES string of the molecule is CCOc1ccc(-c2c[nH]c3nc(Nc4ccc(C(=O)NC)cc4OC)nc(OC(C)C)c23)cn1.CNC(=O)c1ccc(Cc2nc(OC3CCC3)c3c(-c4ccc5nc(C)oc5c4)c[nH]c3n2)c(OC)c1.CNC(=O)c1ccc(Nc2nc(OC3CCOCC3)c3c(-c4ccc(-c5nc(C)c(C)[nH]5)cc4)c[nH]c3n2)c(OC)c1. The summed E-state index contributed by atoms with van der Waals surface area (Å²) in [5, 5.41) is 16.7. The number of H-pyrrole nitrogens is 4. The van der Waals surface area contributed by atoms with Crippen LogP contribution in [0.4, 0.5) is 23.3 Å². The molecule has 1 saturated heterocycles. The van der Waals surface area contributed by atoms with Gasteiger partial charge in [0, 0.05) is 134 Å². The highest BCUT2D eigenvalue weighted by Crippen LogP contribution is 2.42. The molecule has 0 unspecified atom stereocenters. The third kappa shape index (κ3) is 17.0. The summed E-state index contributed by atoms with van der Waals surface area (Å²) in [6.45, 7) is 13.5. The molecule has 9 aromatic heterocycles. The van der Waals surface area contributed by atoms with Gasteiger partial charge in [0.15, 0.2) is 11.5 Å². The Kier molecular flexibility index (Phi) is 23.2. The summed E-state index contributed by atoms with van der Waals surface area (Å²) in [5.74, 6) is 5.76. The number of anilines is 4. The van der Waals surface area contributed by atoms with E-state index in [0.29, 0.717) is 136 Å². The zero-order valence-corrected chi connectivity index (χ0v) is 65.2. The van der Waals surface area contributed by atoms with Crippen molar-refractivity contribution in [3.05, 3.63) is 179 Å². The number of carbonyl (C=O) groups excluding carboxylic acids is 3. The lowest BCUT2D eigenvalue weighted by Crippen LogP contribution is -2.26. The predicted molar refractivity (Wildman–Crippen MR) is 433 cm³/mol. The van der Waals surface area contributed by atoms with Gasteiger partial charge in [0.25, 0.3) is 17.7 Å². The average molecular weight is 1540 g/mol. The number of hydrogen-bond acceptors (Lipinski definition) is 23. The van der Waals surface area contributed by atoms with Crippen molar-refractivity contribution in [3.63, 3.8) is 0 Å². The summed E-state index contributed by atoms with van der Waals surface area (Å²) in [5.41, 5.74) is 15.7. The minimum atomic E-state index is -0.206. The number of oxazole rings is 1. The molecule has 3 amide bonds. The monoisotopic (exact) mass is 1540 g/mol. The molecule has 10 heterocycles. The molecule has 2 aliphatic rings. The number of ether oxygens (including phenoxy) is 8. The number of rotatable bonds is 24. The standard InChI is InChI=1S/C31H33N7O4.C28H27N5O4.C25H28N6O4/c1-17-18(2)35-27(34-17)20-7-5-19(6-8-20)23-16-33-28-26(23)30(42-22-11-13-41-14-12-22)38-31(37-28)36-24-10-9-21(29(39)32-3)15-25(24)40-4;1-15-31-21-10-9-16(11-23(21)36-15)20-14-30-26-25(20)28(37-19-5-4-6-19)33-24(32-26)13-17-7-8-18(27(34)29-2)12-22(17)35-3;1-6-34-20-10-8-16(12-27-20)17-13-28-22-21(17)24(35-14(2)3)31-25(30-22)29-18-9-7-15(23(32)26-4)11-19(18)33-5/h5-10,15-16,22H,11-14H2,1-4H3,(H,32,39)(H,34,35)(H2,33,36,37,38);7-12,14,19H,4-6,13H2,1-3H3,(H,29,34)(H,30,32,33);7-14H,6H2,1-5H3,(H,26,32)(H2,28,29,30,31). The molecule has 114 heavy (non-hydrogen) atoms. The molecule has 1 aliphatic heterocycles. The molecule has 1 aliphatic carbocycles. The number of aromatic nitrogens is 13. The first-order valence-electron chi connectivity index (χ1n) is 37.5. The van der Waals surface area contributed by atoms with Crippen LogP contribution in [0.5, 0.6) is 40.8 Å². The summed E-state index contributed by atoms with van der Waals surface area (Å²) < 4.78 is 52.3. The van der Waals surface area contributed by atoms with Gasteiger partial charge in [0.2, 0.25) is 35.4 Å². The largest absolute Gasteiger partial charge is 0.496 e. The number of carbonyl (C=O) groups is 3. The van der Waals surface area contributed by atoms with E-state index in [1.807, 2.05) is 96.5 Å². The van der Waals surface area contributed by atoms with Gasteiger partial charge in [0.05, 0.1) is 80.5 Å². The minimum absolute atomic E-state index is 0.0263. The van der Waals surface area contributed by atoms with Gasteiger partial charge in [-0.2, -0.15) is 24.9 Å². The van der Waals surface area contributed by atoms with Crippen molar-refractivity contribution in [3.8, 4) is 85.5 Å². The Hall–Kier alpha value is -13.6. The first kappa shape index (κ1) is 77.1. The maximum Gasteiger partial charge on any atom is 0.251 e. The lowest BCUT2D eigenvalue weighted by molar-refractivity contribution is 0.0244. The topological polar surface area (TPSA) is 378 Å². The van der Waals surface area contributed by atoms with Crippen LogP contribution in [-0.2, 0) is 11.2 Å². The quantitative estimate of drug-likeness (QED) is 0.0271. The van der Waals surface area contributed by atoms with Gasteiger partial charge < -0.3 is 88.8 Å². The number of aromatic amines is 4. The van der Waals surface area contributed by atoms with Crippen LogP contribution in [0.1, 0.15) is 113 Å². The molecular weight excluding hydrogens is 1450 g/mol. The fourth-order valence-electron chi connectivity index (χ4n) is 13.2. The number of hydrogen-bond donors (Lipinski definition) is 9. The second-order valence-electron chi connectivity index (χ2n) is 27.3. The van der Waals surface area contributed by atoms with Crippen LogP contribution in [-0.4, -0.2) is 163 Å². The maximum absolute atomic E-state index is 12.1. The van der Waals surface area contributed by atoms with Crippen molar-refractivity contribution >= 4 is 85.2 Å². The minimum Gasteiger partial charge on any atom is -0.496 e. The van der Waals surface area contributed by atoms with E-state index in [2.05, 4.69) is 95.7 Å². The van der Waals surface area contributed by atoms with E-state index in [-0.39, 0.29) is 36.0 Å². The van der Waals surface area contributed by atoms with Gasteiger partial charge in [-0.1, -0.05) is 36.4 Å². The van der Waals surface area contributed by atoms with Gasteiger partial charge in [-0.3, -0.25) is 14.4 Å². The molecule has 30 nitrogen and oxygen atoms in total. The summed E-state index contributed by atoms with van der Waals surface area (Å²) in [7, 11) is 9.44. The number of nitrogens with one attached hydrogen (secondary N) is 9. The smallest absolute Gasteiger partial charge is 0.251 e. The van der Waals surface area contributed by atoms with Gasteiger partial charge in [-0.25, -0.2) is 19.9 Å². The Morgan fingerprint density at radius 3 is 1.60 bits per heavy atom. The molecule has 2 fully saturated rings. The first-order valence-corrected chi connectivity index (χ1v) is 37.5. The number of fused-ring (bicyclic) bond motifs is 4. The summed E-state index contributed by atoms with van der Waals surface area (Å²) in [6, 6.07) is 33.6. The van der Waals surface area contributed by atoms with E-state index in [1.165, 1.54) is 7.11 Å². The maximum atomic E-state index is 12.1. The van der Waals surface area contributed by atoms with Crippen molar-refractivity contribution in [1.29, 1.82) is 0 Å². The third-order valence-electron chi connectivity index (χ3n) is 19.4. The predicted octanol–water partition coefficient (Wildman–Crippen LogP) is 14.6. The number of imidazole rings is 1. The Labute approximate surface area is 655 Å². The Balaban J connectivity index is 0.000000142. The zero-order chi connectivity index (χ0) is 79.7. The van der Waals surface area contributed by atoms with Crippen LogP contribution in [0.25, 0.3) is 89.0 Å². The fraction of sp³-hybridized carbons (Fsp3) is 0.286. The molecular formula is C84H88N18O12. The van der Waals surface area contributed by atoms with Crippen LogP contribution in [0.15, 0.2) is 138 Å². The first-order chi connectivity index (χ1) is 55.4. The molecule has 14 aromatic rings. The molecule has 30 heteroatoms. The number of benzene rings is 5. The van der Waals surface area contributed by atoms with Gasteiger partial charge in [-0.15, -0.1) is 0 Å². The molecule has 0 bridgehead atoms. The Bertz CT molecular complexity index is 5800. The third-order valence-corrected chi connectivity index (χ3v) is 19.4. The fourth-order valence-corrected chi connectivity index (χ4v) is 13.2. The Morgan fingerprint density at radius 1 is 0.544 bits per heavy atom. The van der Waals surface area contributed by atoms with Crippen LogP contribution in [0.3, 0.4) is 0 Å². The number of amides is 3. The molecule has 5 aromatic carbocycles. The molecule has 1 saturated carbocycles. The van der Waals surface area contributed by atoms with Crippen LogP contribution >= 0.6 is 0 Å². The lowest BCUT2D eigenvalue weighted by Gasteiger charge is -2.26. The van der Waals surface area contributed by atoms with Crippen molar-refractivity contribution in [2.75, 3.05) is 72.9 Å². The molecule has 9 N–H and O–H groups in total. The summed E-state index contributed by atoms with van der Waals surface area (Å²) in [6.07, 6.45) is 12.6. The molecule has 0 radical (unpaired) electrons. The average Bonchev–Trinajstić information content (AvgIpc) is 1.57. The van der Waals surface area contributed by atoms with E-state index >= 15 is 0 Å². The van der Waals surface area contributed by atoms with Gasteiger partial charge >= 0.3 is 0 Å². The van der Waals surface area contributed by atoms with Crippen LogP contribution in [0.2, 0.25) is 0 Å². The number of aryl methyl sites for hydroxylation is 3.